The minimum Gasteiger partial charge on any atom is -0.467 e. The van der Waals surface area contributed by atoms with Gasteiger partial charge in [-0.2, -0.15) is 0 Å². The Labute approximate surface area is 114 Å². The van der Waals surface area contributed by atoms with E-state index in [0.29, 0.717) is 11.3 Å². The molecule has 0 fully saturated rings. The molecule has 2 N–H and O–H groups in total. The van der Waals surface area contributed by atoms with Crippen molar-refractivity contribution in [1.29, 1.82) is 0 Å². The summed E-state index contributed by atoms with van der Waals surface area (Å²) in [6.45, 7) is 0.248. The quantitative estimate of drug-likeness (QED) is 0.763. The number of amides is 1. The standard InChI is InChI=1S/C15H12N2O3/c18-14(16-9-11-5-3-7-20-11)12-8-10-4-1-2-6-13(10)17-15(12)19/h1-8H,9H2,(H,16,18)(H,17,19). The Balaban J connectivity index is 1.87. The molecule has 2 heterocycles. The molecule has 20 heavy (non-hydrogen) atoms. The summed E-state index contributed by atoms with van der Waals surface area (Å²) in [5.74, 6) is 0.212. The Bertz CT molecular complexity index is 803. The van der Waals surface area contributed by atoms with Gasteiger partial charge in [-0.05, 0) is 29.7 Å². The number of rotatable bonds is 3. The van der Waals surface area contributed by atoms with Crippen LogP contribution < -0.4 is 10.9 Å². The van der Waals surface area contributed by atoms with Crippen LogP contribution in [0.2, 0.25) is 0 Å². The molecule has 5 heteroatoms. The second-order valence-corrected chi connectivity index (χ2v) is 4.36. The van der Waals surface area contributed by atoms with Gasteiger partial charge in [0.25, 0.3) is 11.5 Å². The first-order valence-corrected chi connectivity index (χ1v) is 6.17. The van der Waals surface area contributed by atoms with Gasteiger partial charge in [0.2, 0.25) is 0 Å². The molecule has 3 rings (SSSR count). The Hall–Kier alpha value is -2.82. The summed E-state index contributed by atoms with van der Waals surface area (Å²) in [7, 11) is 0. The smallest absolute Gasteiger partial charge is 0.261 e. The first kappa shape index (κ1) is 12.2. The summed E-state index contributed by atoms with van der Waals surface area (Å²) in [5.41, 5.74) is 0.399. The minimum absolute atomic E-state index is 0.0928. The Morgan fingerprint density at radius 1 is 1.20 bits per heavy atom. The topological polar surface area (TPSA) is 75.1 Å². The normalized spacial score (nSPS) is 10.6. The summed E-state index contributed by atoms with van der Waals surface area (Å²) >= 11 is 0. The molecule has 0 aliphatic rings. The van der Waals surface area contributed by atoms with E-state index in [1.54, 1.807) is 24.3 Å². The summed E-state index contributed by atoms with van der Waals surface area (Å²) < 4.78 is 5.12. The molecule has 0 spiro atoms. The molecule has 0 aliphatic carbocycles. The lowest BCUT2D eigenvalue weighted by Gasteiger charge is -2.04. The van der Waals surface area contributed by atoms with Crippen LogP contribution in [0.15, 0.2) is 57.9 Å². The Kier molecular flexibility index (Phi) is 3.09. The average molecular weight is 268 g/mol. The predicted octanol–water partition coefficient (Wildman–Crippen LogP) is 2.05. The molecule has 0 radical (unpaired) electrons. The first-order chi connectivity index (χ1) is 9.74. The van der Waals surface area contributed by atoms with Crippen molar-refractivity contribution in [2.75, 3.05) is 0 Å². The molecular weight excluding hydrogens is 256 g/mol. The number of H-pyrrole nitrogens is 1. The van der Waals surface area contributed by atoms with Crippen molar-refractivity contribution >= 4 is 16.8 Å². The summed E-state index contributed by atoms with van der Waals surface area (Å²) in [4.78, 5) is 26.6. The lowest BCUT2D eigenvalue weighted by atomic mass is 10.1. The highest BCUT2D eigenvalue weighted by Gasteiger charge is 2.11. The number of fused-ring (bicyclic) bond motifs is 1. The van der Waals surface area contributed by atoms with E-state index < -0.39 is 11.5 Å². The zero-order valence-corrected chi connectivity index (χ0v) is 10.6. The highest BCUT2D eigenvalue weighted by Crippen LogP contribution is 2.10. The molecule has 2 aromatic heterocycles. The van der Waals surface area contributed by atoms with Gasteiger partial charge in [0, 0.05) is 5.52 Å². The fourth-order valence-corrected chi connectivity index (χ4v) is 1.99. The summed E-state index contributed by atoms with van der Waals surface area (Å²) in [6.07, 6.45) is 1.53. The van der Waals surface area contributed by atoms with Crippen molar-refractivity contribution in [1.82, 2.24) is 10.3 Å². The molecule has 100 valence electrons. The predicted molar refractivity (Wildman–Crippen MR) is 74.4 cm³/mol. The van der Waals surface area contributed by atoms with Gasteiger partial charge in [0.15, 0.2) is 0 Å². The van der Waals surface area contributed by atoms with Gasteiger partial charge in [-0.25, -0.2) is 0 Å². The molecule has 1 amide bonds. The van der Waals surface area contributed by atoms with Gasteiger partial charge in [-0.1, -0.05) is 18.2 Å². The van der Waals surface area contributed by atoms with Crippen LogP contribution in [0.1, 0.15) is 16.1 Å². The van der Waals surface area contributed by atoms with Gasteiger partial charge in [-0.3, -0.25) is 9.59 Å². The molecule has 0 aliphatic heterocycles. The number of aromatic nitrogens is 1. The number of furan rings is 1. The summed E-state index contributed by atoms with van der Waals surface area (Å²) in [5, 5.41) is 3.47. The fourth-order valence-electron chi connectivity index (χ4n) is 1.99. The van der Waals surface area contributed by atoms with E-state index in [1.807, 2.05) is 18.2 Å². The molecule has 0 unspecified atom stereocenters. The highest BCUT2D eigenvalue weighted by molar-refractivity contribution is 5.97. The molecule has 1 aromatic carbocycles. The average Bonchev–Trinajstić information content (AvgIpc) is 2.97. The van der Waals surface area contributed by atoms with Crippen LogP contribution in [0, 0.1) is 0 Å². The zero-order valence-electron chi connectivity index (χ0n) is 10.6. The second kappa shape index (κ2) is 5.05. The third kappa shape index (κ3) is 2.33. The van der Waals surface area contributed by atoms with Gasteiger partial charge < -0.3 is 14.7 Å². The van der Waals surface area contributed by atoms with E-state index >= 15 is 0 Å². The Morgan fingerprint density at radius 3 is 2.85 bits per heavy atom. The number of pyridine rings is 1. The SMILES string of the molecule is O=C(NCc1ccco1)c1cc2ccccc2[nH]c1=O. The van der Waals surface area contributed by atoms with Crippen molar-refractivity contribution in [3.8, 4) is 0 Å². The molecule has 0 saturated heterocycles. The molecular formula is C15H12N2O3. The molecule has 0 saturated carbocycles. The van der Waals surface area contributed by atoms with Crippen LogP contribution in [0.4, 0.5) is 0 Å². The number of carbonyl (C=O) groups is 1. The lowest BCUT2D eigenvalue weighted by Crippen LogP contribution is -2.29. The maximum absolute atomic E-state index is 12.0. The number of para-hydroxylation sites is 1. The second-order valence-electron chi connectivity index (χ2n) is 4.36. The van der Waals surface area contributed by atoms with E-state index in [4.69, 9.17) is 4.42 Å². The van der Waals surface area contributed by atoms with Crippen LogP contribution in [-0.2, 0) is 6.54 Å². The van der Waals surface area contributed by atoms with Gasteiger partial charge >= 0.3 is 0 Å². The van der Waals surface area contributed by atoms with E-state index in [-0.39, 0.29) is 12.1 Å². The number of hydrogen-bond acceptors (Lipinski definition) is 3. The van der Waals surface area contributed by atoms with Crippen LogP contribution in [-0.4, -0.2) is 10.9 Å². The Morgan fingerprint density at radius 2 is 2.05 bits per heavy atom. The summed E-state index contributed by atoms with van der Waals surface area (Å²) in [6, 6.07) is 12.4. The zero-order chi connectivity index (χ0) is 13.9. The fraction of sp³-hybridized carbons (Fsp3) is 0.0667. The van der Waals surface area contributed by atoms with Crippen molar-refractivity contribution in [2.45, 2.75) is 6.54 Å². The molecule has 3 aromatic rings. The first-order valence-electron chi connectivity index (χ1n) is 6.17. The van der Waals surface area contributed by atoms with Crippen molar-refractivity contribution in [3.63, 3.8) is 0 Å². The third-order valence-electron chi connectivity index (χ3n) is 3.00. The van der Waals surface area contributed by atoms with Crippen LogP contribution in [0.25, 0.3) is 10.9 Å². The number of nitrogens with one attached hydrogen (secondary N) is 2. The van der Waals surface area contributed by atoms with E-state index in [9.17, 15) is 9.59 Å². The van der Waals surface area contributed by atoms with Crippen molar-refractivity contribution in [3.05, 3.63) is 70.4 Å². The van der Waals surface area contributed by atoms with Crippen LogP contribution in [0.5, 0.6) is 0 Å². The maximum atomic E-state index is 12.0. The van der Waals surface area contributed by atoms with Crippen molar-refractivity contribution in [2.24, 2.45) is 0 Å². The van der Waals surface area contributed by atoms with E-state index in [2.05, 4.69) is 10.3 Å². The van der Waals surface area contributed by atoms with Gasteiger partial charge in [0.1, 0.15) is 11.3 Å². The van der Waals surface area contributed by atoms with Crippen LogP contribution in [0.3, 0.4) is 0 Å². The monoisotopic (exact) mass is 268 g/mol. The molecule has 0 bridgehead atoms. The highest BCUT2D eigenvalue weighted by atomic mass is 16.3. The number of hydrogen-bond donors (Lipinski definition) is 2. The third-order valence-corrected chi connectivity index (χ3v) is 3.00. The van der Waals surface area contributed by atoms with E-state index in [0.717, 1.165) is 5.39 Å². The van der Waals surface area contributed by atoms with Gasteiger partial charge in [-0.15, -0.1) is 0 Å². The minimum atomic E-state index is -0.423. The van der Waals surface area contributed by atoms with E-state index in [1.165, 1.54) is 6.26 Å². The molecule has 5 nitrogen and oxygen atoms in total. The molecule has 0 atom stereocenters. The lowest BCUT2D eigenvalue weighted by molar-refractivity contribution is 0.0946. The largest absolute Gasteiger partial charge is 0.467 e. The van der Waals surface area contributed by atoms with Crippen LogP contribution >= 0.6 is 0 Å². The number of aromatic amines is 1. The maximum Gasteiger partial charge on any atom is 0.261 e. The van der Waals surface area contributed by atoms with Gasteiger partial charge in [0.05, 0.1) is 12.8 Å². The number of carbonyl (C=O) groups excluding carboxylic acids is 1. The van der Waals surface area contributed by atoms with Crippen molar-refractivity contribution < 1.29 is 9.21 Å². The number of benzene rings is 1.